The van der Waals surface area contributed by atoms with Crippen molar-refractivity contribution in [2.24, 2.45) is 9.98 Å². The molecule has 0 bridgehead atoms. The number of aromatic nitrogens is 2. The highest BCUT2D eigenvalue weighted by molar-refractivity contribution is 6.32. The van der Waals surface area contributed by atoms with E-state index in [-0.39, 0.29) is 0 Å². The summed E-state index contributed by atoms with van der Waals surface area (Å²) in [5.41, 5.74) is 9.38. The van der Waals surface area contributed by atoms with Crippen molar-refractivity contribution in [3.8, 4) is 16.8 Å². The van der Waals surface area contributed by atoms with Crippen LogP contribution in [0.3, 0.4) is 0 Å². The van der Waals surface area contributed by atoms with E-state index in [2.05, 4.69) is 190 Å². The predicted octanol–water partition coefficient (Wildman–Crippen LogP) is 12.6. The van der Waals surface area contributed by atoms with Crippen LogP contribution in [-0.2, 0) is 6.42 Å². The molecule has 0 spiro atoms. The number of hydrogen-bond donors (Lipinski definition) is 0. The van der Waals surface area contributed by atoms with Crippen molar-refractivity contribution in [2.75, 3.05) is 0 Å². The highest BCUT2D eigenvalue weighted by Gasteiger charge is 2.20. The van der Waals surface area contributed by atoms with Crippen LogP contribution in [0.4, 0.5) is 0 Å². The molecule has 0 aliphatic carbocycles. The third kappa shape index (κ3) is 5.07. The van der Waals surface area contributed by atoms with E-state index >= 15 is 0 Å². The van der Waals surface area contributed by atoms with Crippen molar-refractivity contribution < 1.29 is 0 Å². The Bertz CT molecular complexity index is 3100. The van der Waals surface area contributed by atoms with Crippen LogP contribution in [0, 0.1) is 0 Å². The summed E-state index contributed by atoms with van der Waals surface area (Å²) in [6.45, 7) is 3.55. The summed E-state index contributed by atoms with van der Waals surface area (Å²) in [6.07, 6.45) is 6.23. The van der Waals surface area contributed by atoms with Crippen molar-refractivity contribution in [2.45, 2.75) is 6.42 Å². The Morgan fingerprint density at radius 1 is 0.547 bits per heavy atom. The Hall–Kier alpha value is -7.04. The van der Waals surface area contributed by atoms with Gasteiger partial charge in [0.25, 0.3) is 0 Å². The van der Waals surface area contributed by atoms with Gasteiger partial charge in [0.2, 0.25) is 0 Å². The van der Waals surface area contributed by atoms with Gasteiger partial charge < -0.3 is 9.13 Å². The fourth-order valence-corrected chi connectivity index (χ4v) is 8.25. The largest absolute Gasteiger partial charge is 0.318 e. The Morgan fingerprint density at radius 3 is 2.02 bits per heavy atom. The smallest absolute Gasteiger partial charge is 0.114 e. The first-order chi connectivity index (χ1) is 26.3. The molecule has 0 aliphatic heterocycles. The molecule has 0 aliphatic rings. The number of allylic oxidation sites excluding steroid dienone is 1. The van der Waals surface area contributed by atoms with E-state index in [4.69, 9.17) is 0 Å². The van der Waals surface area contributed by atoms with Gasteiger partial charge in [-0.2, -0.15) is 0 Å². The third-order valence-electron chi connectivity index (χ3n) is 10.6. The monoisotopic (exact) mass is 678 g/mol. The summed E-state index contributed by atoms with van der Waals surface area (Å²) in [6, 6.07) is 59.5. The quantitative estimate of drug-likeness (QED) is 0.0914. The molecule has 0 saturated carbocycles. The van der Waals surface area contributed by atoms with Gasteiger partial charge in [0.15, 0.2) is 0 Å². The number of fused-ring (bicyclic) bond motifs is 10. The highest BCUT2D eigenvalue weighted by atomic mass is 15.0. The van der Waals surface area contributed by atoms with Gasteiger partial charge >= 0.3 is 0 Å². The molecule has 2 aromatic heterocycles. The van der Waals surface area contributed by atoms with Gasteiger partial charge in [-0.25, -0.2) is 4.99 Å². The van der Waals surface area contributed by atoms with Crippen LogP contribution in [0.1, 0.15) is 5.56 Å². The van der Waals surface area contributed by atoms with Crippen LogP contribution < -0.4 is 0 Å². The first-order valence-electron chi connectivity index (χ1n) is 17.9. The number of rotatable bonds is 7. The fraction of sp³-hybridized carbons (Fsp3) is 0.0204. The molecule has 0 N–H and O–H groups in total. The molecule has 4 nitrogen and oxygen atoms in total. The molecule has 4 heteroatoms. The average Bonchev–Trinajstić information content (AvgIpc) is 3.80. The van der Waals surface area contributed by atoms with E-state index in [0.717, 1.165) is 17.6 Å². The van der Waals surface area contributed by atoms with E-state index in [1.54, 1.807) is 0 Å². The number of hydrogen-bond acceptors (Lipinski definition) is 1. The topological polar surface area (TPSA) is 34.6 Å². The second kappa shape index (κ2) is 12.6. The molecule has 0 radical (unpaired) electrons. The zero-order valence-electron chi connectivity index (χ0n) is 29.0. The third-order valence-corrected chi connectivity index (χ3v) is 10.6. The zero-order chi connectivity index (χ0) is 35.3. The lowest BCUT2D eigenvalue weighted by molar-refractivity contribution is 1.07. The lowest BCUT2D eigenvalue weighted by Gasteiger charge is -2.14. The molecule has 10 aromatic rings. The van der Waals surface area contributed by atoms with E-state index in [9.17, 15) is 0 Å². The molecule has 0 fully saturated rings. The van der Waals surface area contributed by atoms with Crippen molar-refractivity contribution in [1.29, 1.82) is 0 Å². The Kier molecular flexibility index (Phi) is 7.33. The predicted molar refractivity (Wildman–Crippen MR) is 227 cm³/mol. The lowest BCUT2D eigenvalue weighted by atomic mass is 9.95. The SMILES string of the molecule is C=NC=N/C=C(\Cc1ccccc1)n1ccc2cc(-c3ccc4c(c3)c3c5ccccc5c5ccccc5c3n4-c3cccc4ccccc34)ccc21. The molecule has 0 saturated heterocycles. The Morgan fingerprint density at radius 2 is 1.21 bits per heavy atom. The fourth-order valence-electron chi connectivity index (χ4n) is 8.25. The number of benzene rings is 8. The maximum absolute atomic E-state index is 4.41. The van der Waals surface area contributed by atoms with E-state index in [0.29, 0.717) is 0 Å². The molecule has 0 amide bonds. The van der Waals surface area contributed by atoms with Crippen molar-refractivity contribution in [3.63, 3.8) is 0 Å². The van der Waals surface area contributed by atoms with Gasteiger partial charge in [0, 0.05) is 51.4 Å². The minimum absolute atomic E-state index is 0.737. The highest BCUT2D eigenvalue weighted by Crippen LogP contribution is 2.44. The summed E-state index contributed by atoms with van der Waals surface area (Å²) >= 11 is 0. The van der Waals surface area contributed by atoms with Gasteiger partial charge in [-0.1, -0.05) is 127 Å². The molecule has 8 aromatic carbocycles. The van der Waals surface area contributed by atoms with Gasteiger partial charge in [-0.05, 0) is 81.4 Å². The van der Waals surface area contributed by atoms with Gasteiger partial charge in [0.05, 0.1) is 22.2 Å². The van der Waals surface area contributed by atoms with Crippen LogP contribution in [0.15, 0.2) is 186 Å². The molecule has 53 heavy (non-hydrogen) atoms. The maximum Gasteiger partial charge on any atom is 0.114 e. The summed E-state index contributed by atoms with van der Waals surface area (Å²) in [7, 11) is 0. The van der Waals surface area contributed by atoms with Crippen molar-refractivity contribution in [3.05, 3.63) is 182 Å². The van der Waals surface area contributed by atoms with Crippen LogP contribution >= 0.6 is 0 Å². The standard InChI is InChI=1S/C49H34N4/c1-50-32-51-31-38(28-33-12-3-2-4-13-33)52-27-26-37-29-35(22-24-45(37)52)36-23-25-47-44(30-36)48-42-19-9-7-17-40(42)41-18-8-10-20-43(41)49(48)53(47)46-21-11-15-34-14-5-6-16-39(34)46/h2-27,29-32H,1,28H2/b38-31+,51-32?. The first-order valence-corrected chi connectivity index (χ1v) is 17.9. The summed E-state index contributed by atoms with van der Waals surface area (Å²) in [5, 5.41) is 11.2. The van der Waals surface area contributed by atoms with E-state index in [1.807, 2.05) is 12.3 Å². The number of aliphatic imine (C=N–C) groups is 2. The second-order valence-corrected chi connectivity index (χ2v) is 13.6. The molecule has 0 atom stereocenters. The Balaban J connectivity index is 1.19. The van der Waals surface area contributed by atoms with Gasteiger partial charge in [0.1, 0.15) is 6.34 Å². The normalized spacial score (nSPS) is 12.3. The van der Waals surface area contributed by atoms with E-state index in [1.165, 1.54) is 88.2 Å². The van der Waals surface area contributed by atoms with Gasteiger partial charge in [-0.15, -0.1) is 0 Å². The first kappa shape index (κ1) is 30.8. The summed E-state index contributed by atoms with van der Waals surface area (Å²) in [4.78, 5) is 8.22. The minimum Gasteiger partial charge on any atom is -0.318 e. The molecular formula is C49H34N4. The summed E-state index contributed by atoms with van der Waals surface area (Å²) < 4.78 is 4.73. The maximum atomic E-state index is 4.41. The zero-order valence-corrected chi connectivity index (χ0v) is 29.0. The van der Waals surface area contributed by atoms with E-state index < -0.39 is 0 Å². The van der Waals surface area contributed by atoms with Crippen molar-refractivity contribution in [1.82, 2.24) is 9.13 Å². The molecular weight excluding hydrogens is 645 g/mol. The lowest BCUT2D eigenvalue weighted by Crippen LogP contribution is -1.99. The molecule has 250 valence electrons. The van der Waals surface area contributed by atoms with Crippen molar-refractivity contribution >= 4 is 83.8 Å². The molecule has 0 unspecified atom stereocenters. The summed E-state index contributed by atoms with van der Waals surface area (Å²) in [5.74, 6) is 0. The van der Waals surface area contributed by atoms with Crippen LogP contribution in [-0.4, -0.2) is 22.2 Å². The van der Waals surface area contributed by atoms with Crippen LogP contribution in [0.2, 0.25) is 0 Å². The van der Waals surface area contributed by atoms with Crippen LogP contribution in [0.25, 0.3) is 87.5 Å². The van der Waals surface area contributed by atoms with Crippen LogP contribution in [0.5, 0.6) is 0 Å². The number of nitrogens with zero attached hydrogens (tertiary/aromatic N) is 4. The van der Waals surface area contributed by atoms with Gasteiger partial charge in [-0.3, -0.25) is 4.99 Å². The Labute approximate surface area is 306 Å². The second-order valence-electron chi connectivity index (χ2n) is 13.6. The molecule has 2 heterocycles. The average molecular weight is 679 g/mol. The molecule has 10 rings (SSSR count). The minimum atomic E-state index is 0.737.